The van der Waals surface area contributed by atoms with Crippen molar-refractivity contribution in [3.8, 4) is 5.75 Å². The first kappa shape index (κ1) is 23.1. The average Bonchev–Trinajstić information content (AvgIpc) is 2.74. The molecular weight excluding hydrogens is 406 g/mol. The van der Waals surface area contributed by atoms with Crippen LogP contribution in [0.3, 0.4) is 0 Å². The van der Waals surface area contributed by atoms with Crippen molar-refractivity contribution < 1.29 is 54.7 Å². The van der Waals surface area contributed by atoms with Crippen LogP contribution in [0.5, 0.6) is 5.75 Å². The molecule has 0 aromatic heterocycles. The van der Waals surface area contributed by atoms with Gasteiger partial charge >= 0.3 is 0 Å². The number of benzene rings is 1. The van der Waals surface area contributed by atoms with E-state index in [1.807, 2.05) is 0 Å². The number of nitrogens with two attached hydrogens (primary N) is 1. The van der Waals surface area contributed by atoms with Gasteiger partial charge in [0.05, 0.1) is 13.2 Å². The maximum Gasteiger partial charge on any atom is 0.229 e. The molecule has 10 atom stereocenters. The highest BCUT2D eigenvalue weighted by molar-refractivity contribution is 5.41. The van der Waals surface area contributed by atoms with Gasteiger partial charge in [-0.05, 0) is 24.3 Å². The summed E-state index contributed by atoms with van der Waals surface area (Å²) in [5.41, 5.74) is 6.10. The van der Waals surface area contributed by atoms with Gasteiger partial charge in [0, 0.05) is 5.69 Å². The minimum absolute atomic E-state index is 0.297. The predicted octanol–water partition coefficient (Wildman–Crippen LogP) is -3.73. The molecule has 12 heteroatoms. The summed E-state index contributed by atoms with van der Waals surface area (Å²) in [4.78, 5) is 0. The molecular formula is C18H27NO11. The van der Waals surface area contributed by atoms with Crippen molar-refractivity contribution in [3.63, 3.8) is 0 Å². The Morgan fingerprint density at radius 3 is 1.90 bits per heavy atom. The summed E-state index contributed by atoms with van der Waals surface area (Å²) >= 11 is 0. The molecule has 3 rings (SSSR count). The minimum atomic E-state index is -1.73. The molecule has 2 heterocycles. The van der Waals surface area contributed by atoms with Gasteiger partial charge in [0.15, 0.2) is 6.29 Å². The van der Waals surface area contributed by atoms with Gasteiger partial charge in [-0.3, -0.25) is 0 Å². The number of ether oxygens (including phenoxy) is 4. The van der Waals surface area contributed by atoms with Crippen molar-refractivity contribution in [3.05, 3.63) is 24.3 Å². The normalized spacial score (nSPS) is 42.1. The van der Waals surface area contributed by atoms with E-state index in [1.165, 1.54) is 12.1 Å². The van der Waals surface area contributed by atoms with E-state index in [0.717, 1.165) is 0 Å². The van der Waals surface area contributed by atoms with Crippen molar-refractivity contribution in [2.24, 2.45) is 0 Å². The molecule has 1 aromatic carbocycles. The standard InChI is InChI=1S/C18H27NO11/c19-7-1-3-8(4-2-7)27-17-15(26)13(24)16(10(6-21)29-17)30-18-14(25)12(23)11(22)9(5-20)28-18/h1-4,9-18,20-26H,5-6,19H2/t9-,10-,11-,12+,13-,14-,15-,16-,17+,18-/m1/s1. The SMILES string of the molecule is Nc1ccc(O[C@H]2O[C@H](CO)[C@@H](O[C@H]3O[C@H](CO)[C@@H](O)[C@H](O)[C@H]3O)[C@H](O)[C@H]2O)cc1. The lowest BCUT2D eigenvalue weighted by Gasteiger charge is -2.45. The Morgan fingerprint density at radius 1 is 0.733 bits per heavy atom. The third-order valence-electron chi connectivity index (χ3n) is 5.09. The zero-order chi connectivity index (χ0) is 22.0. The molecule has 0 bridgehead atoms. The average molecular weight is 433 g/mol. The smallest absolute Gasteiger partial charge is 0.229 e. The lowest BCUT2D eigenvalue weighted by molar-refractivity contribution is -0.352. The van der Waals surface area contributed by atoms with Gasteiger partial charge in [0.1, 0.15) is 54.6 Å². The molecule has 0 spiro atoms. The molecule has 2 fully saturated rings. The van der Waals surface area contributed by atoms with Gasteiger partial charge in [-0.2, -0.15) is 0 Å². The number of hydrogen-bond acceptors (Lipinski definition) is 12. The van der Waals surface area contributed by atoms with E-state index >= 15 is 0 Å². The summed E-state index contributed by atoms with van der Waals surface area (Å²) in [6.45, 7) is -1.31. The number of hydrogen-bond donors (Lipinski definition) is 8. The molecule has 2 aliphatic rings. The van der Waals surface area contributed by atoms with Crippen LogP contribution >= 0.6 is 0 Å². The summed E-state index contributed by atoms with van der Waals surface area (Å²) in [6.07, 6.45) is -15.0. The molecule has 0 aliphatic carbocycles. The van der Waals surface area contributed by atoms with Crippen LogP contribution in [-0.4, -0.2) is 110 Å². The quantitative estimate of drug-likeness (QED) is 0.204. The third kappa shape index (κ3) is 4.68. The second-order valence-corrected chi connectivity index (χ2v) is 7.19. The number of nitrogen functional groups attached to an aromatic ring is 1. The topological polar surface area (TPSA) is 205 Å². The minimum Gasteiger partial charge on any atom is -0.462 e. The van der Waals surface area contributed by atoms with Crippen molar-refractivity contribution in [1.82, 2.24) is 0 Å². The van der Waals surface area contributed by atoms with Crippen LogP contribution < -0.4 is 10.5 Å². The van der Waals surface area contributed by atoms with Crippen LogP contribution in [0, 0.1) is 0 Å². The molecule has 12 nitrogen and oxygen atoms in total. The van der Waals surface area contributed by atoms with Crippen LogP contribution in [-0.2, 0) is 14.2 Å². The number of aliphatic hydroxyl groups is 7. The van der Waals surface area contributed by atoms with Crippen LogP contribution in [0.4, 0.5) is 5.69 Å². The van der Waals surface area contributed by atoms with E-state index in [4.69, 9.17) is 24.7 Å². The fraction of sp³-hybridized carbons (Fsp3) is 0.667. The Bertz CT molecular complexity index is 673. The van der Waals surface area contributed by atoms with Crippen molar-refractivity contribution in [1.29, 1.82) is 0 Å². The molecule has 9 N–H and O–H groups in total. The number of anilines is 1. The Morgan fingerprint density at radius 2 is 1.30 bits per heavy atom. The highest BCUT2D eigenvalue weighted by atomic mass is 16.7. The largest absolute Gasteiger partial charge is 0.462 e. The molecule has 0 amide bonds. The number of aliphatic hydroxyl groups excluding tert-OH is 7. The summed E-state index contributed by atoms with van der Waals surface area (Å²) in [7, 11) is 0. The molecule has 2 saturated heterocycles. The Kier molecular flexibility index (Phi) is 7.47. The maximum atomic E-state index is 10.5. The molecule has 2 aliphatic heterocycles. The zero-order valence-corrected chi connectivity index (χ0v) is 15.8. The lowest BCUT2D eigenvalue weighted by atomic mass is 9.97. The van der Waals surface area contributed by atoms with Gasteiger partial charge in [-0.1, -0.05) is 0 Å². The summed E-state index contributed by atoms with van der Waals surface area (Å²) in [6, 6.07) is 6.19. The van der Waals surface area contributed by atoms with Crippen molar-refractivity contribution in [2.45, 2.75) is 61.4 Å². The summed E-state index contributed by atoms with van der Waals surface area (Å²) < 4.78 is 21.7. The number of rotatable bonds is 6. The van der Waals surface area contributed by atoms with E-state index in [1.54, 1.807) is 12.1 Å². The predicted molar refractivity (Wildman–Crippen MR) is 97.9 cm³/mol. The van der Waals surface area contributed by atoms with Gasteiger partial charge in [-0.15, -0.1) is 0 Å². The van der Waals surface area contributed by atoms with Gasteiger partial charge in [-0.25, -0.2) is 0 Å². The fourth-order valence-corrected chi connectivity index (χ4v) is 3.33. The van der Waals surface area contributed by atoms with E-state index in [-0.39, 0.29) is 0 Å². The van der Waals surface area contributed by atoms with E-state index in [9.17, 15) is 35.7 Å². The van der Waals surface area contributed by atoms with Gasteiger partial charge < -0.3 is 60.4 Å². The van der Waals surface area contributed by atoms with E-state index in [2.05, 4.69) is 0 Å². The maximum absolute atomic E-state index is 10.5. The fourth-order valence-electron chi connectivity index (χ4n) is 3.33. The highest BCUT2D eigenvalue weighted by Gasteiger charge is 2.51. The molecule has 1 aromatic rings. The molecule has 0 unspecified atom stereocenters. The lowest BCUT2D eigenvalue weighted by Crippen LogP contribution is -2.65. The van der Waals surface area contributed by atoms with Crippen LogP contribution in [0.2, 0.25) is 0 Å². The van der Waals surface area contributed by atoms with E-state index < -0.39 is 74.6 Å². The van der Waals surface area contributed by atoms with Gasteiger partial charge in [0.2, 0.25) is 6.29 Å². The van der Waals surface area contributed by atoms with Crippen molar-refractivity contribution in [2.75, 3.05) is 18.9 Å². The molecule has 170 valence electrons. The second-order valence-electron chi connectivity index (χ2n) is 7.19. The third-order valence-corrected chi connectivity index (χ3v) is 5.09. The first-order valence-corrected chi connectivity index (χ1v) is 9.37. The first-order valence-electron chi connectivity index (χ1n) is 9.37. The van der Waals surface area contributed by atoms with Crippen molar-refractivity contribution >= 4 is 5.69 Å². The first-order chi connectivity index (χ1) is 14.3. The van der Waals surface area contributed by atoms with Gasteiger partial charge in [0.25, 0.3) is 0 Å². The molecule has 30 heavy (non-hydrogen) atoms. The summed E-state index contributed by atoms with van der Waals surface area (Å²) in [5.74, 6) is 0.297. The Hall–Kier alpha value is -1.58. The summed E-state index contributed by atoms with van der Waals surface area (Å²) in [5, 5.41) is 69.7. The monoisotopic (exact) mass is 433 g/mol. The molecule has 0 saturated carbocycles. The zero-order valence-electron chi connectivity index (χ0n) is 15.8. The highest BCUT2D eigenvalue weighted by Crippen LogP contribution is 2.30. The Balaban J connectivity index is 1.71. The van der Waals surface area contributed by atoms with Crippen LogP contribution in [0.25, 0.3) is 0 Å². The van der Waals surface area contributed by atoms with Crippen LogP contribution in [0.1, 0.15) is 0 Å². The Labute approximate surface area is 171 Å². The molecule has 0 radical (unpaired) electrons. The second kappa shape index (κ2) is 9.70. The van der Waals surface area contributed by atoms with Crippen LogP contribution in [0.15, 0.2) is 24.3 Å². The van der Waals surface area contributed by atoms with E-state index in [0.29, 0.717) is 11.4 Å².